The number of para-hydroxylation sites is 1. The second-order valence-corrected chi connectivity index (χ2v) is 6.58. The molecule has 6 heteroatoms. The molecule has 0 bridgehead atoms. The van der Waals surface area contributed by atoms with Crippen molar-refractivity contribution in [1.29, 1.82) is 0 Å². The van der Waals surface area contributed by atoms with Crippen molar-refractivity contribution < 1.29 is 14.4 Å². The van der Waals surface area contributed by atoms with Crippen LogP contribution in [0.5, 0.6) is 0 Å². The molecule has 0 aliphatic rings. The fourth-order valence-corrected chi connectivity index (χ4v) is 2.65. The number of nitrogens with one attached hydrogen (secondary N) is 3. The molecule has 6 nitrogen and oxygen atoms in total. The number of carbonyl (C=O) groups excluding carboxylic acids is 3. The lowest BCUT2D eigenvalue weighted by Crippen LogP contribution is -2.29. The van der Waals surface area contributed by atoms with Crippen LogP contribution < -0.4 is 16.0 Å². The van der Waals surface area contributed by atoms with E-state index in [4.69, 9.17) is 0 Å². The van der Waals surface area contributed by atoms with E-state index in [9.17, 15) is 14.4 Å². The van der Waals surface area contributed by atoms with Crippen molar-refractivity contribution in [2.45, 2.75) is 33.1 Å². The van der Waals surface area contributed by atoms with Crippen molar-refractivity contribution in [2.75, 3.05) is 18.4 Å². The van der Waals surface area contributed by atoms with Crippen LogP contribution in [0.15, 0.2) is 48.5 Å². The summed E-state index contributed by atoms with van der Waals surface area (Å²) in [7, 11) is 0. The van der Waals surface area contributed by atoms with Gasteiger partial charge < -0.3 is 16.0 Å². The molecule has 0 spiro atoms. The highest BCUT2D eigenvalue weighted by Gasteiger charge is 2.13. The molecular formula is C22H27N3O3. The maximum Gasteiger partial charge on any atom is 0.253 e. The Morgan fingerprint density at radius 1 is 0.893 bits per heavy atom. The third-order valence-electron chi connectivity index (χ3n) is 4.18. The number of unbranched alkanes of at least 4 members (excludes halogenated alkanes) is 1. The number of anilines is 1. The normalized spacial score (nSPS) is 10.2. The van der Waals surface area contributed by atoms with Gasteiger partial charge in [0, 0.05) is 25.1 Å². The summed E-state index contributed by atoms with van der Waals surface area (Å²) < 4.78 is 0. The molecule has 0 aromatic heterocycles. The molecule has 0 unspecified atom stereocenters. The lowest BCUT2D eigenvalue weighted by molar-refractivity contribution is -0.116. The number of benzene rings is 2. The summed E-state index contributed by atoms with van der Waals surface area (Å²) >= 11 is 0. The van der Waals surface area contributed by atoms with Gasteiger partial charge in [0.1, 0.15) is 0 Å². The Morgan fingerprint density at radius 2 is 1.64 bits per heavy atom. The van der Waals surface area contributed by atoms with E-state index in [1.165, 1.54) is 0 Å². The third-order valence-corrected chi connectivity index (χ3v) is 4.18. The second kappa shape index (κ2) is 10.9. The smallest absolute Gasteiger partial charge is 0.253 e. The predicted molar refractivity (Wildman–Crippen MR) is 110 cm³/mol. The van der Waals surface area contributed by atoms with Crippen LogP contribution in [0.25, 0.3) is 0 Å². The Balaban J connectivity index is 1.86. The van der Waals surface area contributed by atoms with Gasteiger partial charge in [-0.25, -0.2) is 0 Å². The summed E-state index contributed by atoms with van der Waals surface area (Å²) in [6.07, 6.45) is 2.01. The van der Waals surface area contributed by atoms with Gasteiger partial charge >= 0.3 is 0 Å². The van der Waals surface area contributed by atoms with Crippen LogP contribution in [0, 0.1) is 6.92 Å². The summed E-state index contributed by atoms with van der Waals surface area (Å²) in [5.41, 5.74) is 2.45. The minimum atomic E-state index is -0.265. The van der Waals surface area contributed by atoms with Crippen LogP contribution in [-0.2, 0) is 4.79 Å². The summed E-state index contributed by atoms with van der Waals surface area (Å²) in [6, 6.07) is 14.1. The molecule has 2 rings (SSSR count). The van der Waals surface area contributed by atoms with Crippen LogP contribution in [0.2, 0.25) is 0 Å². The van der Waals surface area contributed by atoms with Crippen LogP contribution in [0.3, 0.4) is 0 Å². The Kier molecular flexibility index (Phi) is 8.21. The fraction of sp³-hybridized carbons (Fsp3) is 0.318. The quantitative estimate of drug-likeness (QED) is 0.583. The highest BCUT2D eigenvalue weighted by atomic mass is 16.2. The minimum Gasteiger partial charge on any atom is -0.352 e. The highest BCUT2D eigenvalue weighted by molar-refractivity contribution is 6.03. The largest absolute Gasteiger partial charge is 0.352 e. The molecule has 2 aromatic carbocycles. The van der Waals surface area contributed by atoms with E-state index >= 15 is 0 Å². The lowest BCUT2D eigenvalue weighted by atomic mass is 10.1. The molecule has 3 amide bonds. The average molecular weight is 381 g/mol. The van der Waals surface area contributed by atoms with Crippen molar-refractivity contribution in [3.8, 4) is 0 Å². The number of amides is 3. The Hall–Kier alpha value is -3.15. The van der Waals surface area contributed by atoms with Crippen molar-refractivity contribution >= 4 is 23.4 Å². The van der Waals surface area contributed by atoms with E-state index < -0.39 is 0 Å². The Labute approximate surface area is 165 Å². The van der Waals surface area contributed by atoms with Gasteiger partial charge in [-0.05, 0) is 37.6 Å². The monoisotopic (exact) mass is 381 g/mol. The standard InChI is InChI=1S/C22H27N3O3/c1-3-4-13-23-22(28)18-10-5-6-11-19(18)25-20(26)12-14-24-21(27)17-9-7-8-16(2)15-17/h5-11,15H,3-4,12-14H2,1-2H3,(H,23,28)(H,24,27)(H,25,26). The molecule has 0 fully saturated rings. The van der Waals surface area contributed by atoms with E-state index in [-0.39, 0.29) is 30.7 Å². The summed E-state index contributed by atoms with van der Waals surface area (Å²) in [4.78, 5) is 36.6. The minimum absolute atomic E-state index is 0.114. The van der Waals surface area contributed by atoms with Crippen LogP contribution in [0.4, 0.5) is 5.69 Å². The van der Waals surface area contributed by atoms with Crippen LogP contribution in [0.1, 0.15) is 52.5 Å². The zero-order valence-corrected chi connectivity index (χ0v) is 16.4. The molecule has 0 atom stereocenters. The van der Waals surface area contributed by atoms with Gasteiger partial charge in [-0.3, -0.25) is 14.4 Å². The molecule has 0 aliphatic carbocycles. The van der Waals surface area contributed by atoms with E-state index in [0.29, 0.717) is 23.4 Å². The summed E-state index contributed by atoms with van der Waals surface area (Å²) in [6.45, 7) is 4.78. The number of carbonyl (C=O) groups is 3. The third kappa shape index (κ3) is 6.54. The Bertz CT molecular complexity index is 833. The van der Waals surface area contributed by atoms with Gasteiger partial charge in [0.25, 0.3) is 11.8 Å². The van der Waals surface area contributed by atoms with Gasteiger partial charge in [0.05, 0.1) is 11.3 Å². The zero-order chi connectivity index (χ0) is 20.4. The van der Waals surface area contributed by atoms with Crippen molar-refractivity contribution in [3.05, 3.63) is 65.2 Å². The van der Waals surface area contributed by atoms with Crippen molar-refractivity contribution in [3.63, 3.8) is 0 Å². The summed E-state index contributed by atoms with van der Waals surface area (Å²) in [5.74, 6) is -0.692. The van der Waals surface area contributed by atoms with Crippen LogP contribution in [-0.4, -0.2) is 30.8 Å². The molecule has 0 radical (unpaired) electrons. The lowest BCUT2D eigenvalue weighted by Gasteiger charge is -2.11. The van der Waals surface area contributed by atoms with Crippen LogP contribution >= 0.6 is 0 Å². The van der Waals surface area contributed by atoms with E-state index in [2.05, 4.69) is 22.9 Å². The number of rotatable bonds is 9. The van der Waals surface area contributed by atoms with Crippen molar-refractivity contribution in [1.82, 2.24) is 10.6 Å². The van der Waals surface area contributed by atoms with E-state index in [1.807, 2.05) is 19.1 Å². The van der Waals surface area contributed by atoms with Gasteiger partial charge in [-0.2, -0.15) is 0 Å². The Morgan fingerprint density at radius 3 is 2.39 bits per heavy atom. The molecule has 0 saturated heterocycles. The molecule has 148 valence electrons. The highest BCUT2D eigenvalue weighted by Crippen LogP contribution is 2.15. The predicted octanol–water partition coefficient (Wildman–Crippen LogP) is 3.28. The number of hydrogen-bond donors (Lipinski definition) is 3. The topological polar surface area (TPSA) is 87.3 Å². The summed E-state index contributed by atoms with van der Waals surface area (Å²) in [5, 5.41) is 8.34. The maximum absolute atomic E-state index is 12.3. The maximum atomic E-state index is 12.3. The number of hydrogen-bond acceptors (Lipinski definition) is 3. The molecule has 2 aromatic rings. The first-order valence-electron chi connectivity index (χ1n) is 9.53. The van der Waals surface area contributed by atoms with Gasteiger partial charge in [-0.1, -0.05) is 43.2 Å². The SMILES string of the molecule is CCCCNC(=O)c1ccccc1NC(=O)CCNC(=O)c1cccc(C)c1. The van der Waals surface area contributed by atoms with Gasteiger partial charge in [0.2, 0.25) is 5.91 Å². The van der Waals surface area contributed by atoms with E-state index in [0.717, 1.165) is 18.4 Å². The fourth-order valence-electron chi connectivity index (χ4n) is 2.65. The first-order chi connectivity index (χ1) is 13.5. The molecule has 28 heavy (non-hydrogen) atoms. The first-order valence-corrected chi connectivity index (χ1v) is 9.53. The average Bonchev–Trinajstić information content (AvgIpc) is 2.68. The molecule has 0 saturated carbocycles. The number of aryl methyl sites for hydroxylation is 1. The van der Waals surface area contributed by atoms with Gasteiger partial charge in [0.15, 0.2) is 0 Å². The van der Waals surface area contributed by atoms with Crippen molar-refractivity contribution in [2.24, 2.45) is 0 Å². The first kappa shape index (κ1) is 21.2. The van der Waals surface area contributed by atoms with Gasteiger partial charge in [-0.15, -0.1) is 0 Å². The second-order valence-electron chi connectivity index (χ2n) is 6.58. The van der Waals surface area contributed by atoms with E-state index in [1.54, 1.807) is 36.4 Å². The zero-order valence-electron chi connectivity index (χ0n) is 16.4. The molecule has 3 N–H and O–H groups in total. The molecular weight excluding hydrogens is 354 g/mol. The molecule has 0 aliphatic heterocycles. The molecule has 0 heterocycles.